The number of nitrogens with one attached hydrogen (secondary N) is 1. The van der Waals surface area contributed by atoms with Crippen LogP contribution in [0.5, 0.6) is 0 Å². The van der Waals surface area contributed by atoms with Crippen LogP contribution in [-0.2, 0) is 9.53 Å². The summed E-state index contributed by atoms with van der Waals surface area (Å²) in [4.78, 5) is 28.7. The van der Waals surface area contributed by atoms with E-state index in [0.717, 1.165) is 5.56 Å². The van der Waals surface area contributed by atoms with E-state index in [1.807, 2.05) is 0 Å². The predicted molar refractivity (Wildman–Crippen MR) is 100 cm³/mol. The van der Waals surface area contributed by atoms with Crippen LogP contribution in [0.1, 0.15) is 23.0 Å². The molecular weight excluding hydrogens is 354 g/mol. The zero-order valence-corrected chi connectivity index (χ0v) is 14.7. The van der Waals surface area contributed by atoms with Crippen LogP contribution in [0.15, 0.2) is 54.7 Å². The summed E-state index contributed by atoms with van der Waals surface area (Å²) in [6.45, 7) is 1.93. The van der Waals surface area contributed by atoms with Crippen LogP contribution < -0.4 is 5.32 Å². The second kappa shape index (κ2) is 7.84. The number of esters is 1. The summed E-state index contributed by atoms with van der Waals surface area (Å²) in [6, 6.07) is 12.4. The Hall–Kier alpha value is -3.12. The van der Waals surface area contributed by atoms with Gasteiger partial charge in [-0.15, -0.1) is 0 Å². The van der Waals surface area contributed by atoms with Crippen LogP contribution >= 0.6 is 11.6 Å². The molecule has 2 aromatic heterocycles. The lowest BCUT2D eigenvalue weighted by atomic mass is 10.2. The molecule has 0 aliphatic rings. The monoisotopic (exact) mass is 369 g/mol. The lowest BCUT2D eigenvalue weighted by molar-refractivity contribution is -0.111. The Morgan fingerprint density at radius 3 is 2.73 bits per heavy atom. The van der Waals surface area contributed by atoms with Crippen molar-refractivity contribution >= 4 is 41.0 Å². The fraction of sp³-hybridized carbons (Fsp3) is 0.105. The first kappa shape index (κ1) is 17.7. The van der Waals surface area contributed by atoms with Crippen LogP contribution in [0.3, 0.4) is 0 Å². The SMILES string of the molecule is CCOC(=O)c1nc2ccccn2c1NC(=O)/C=C/c1ccc(Cl)cc1. The number of pyridine rings is 1. The quantitative estimate of drug-likeness (QED) is 0.548. The molecule has 0 saturated heterocycles. The maximum Gasteiger partial charge on any atom is 0.360 e. The van der Waals surface area contributed by atoms with Crippen molar-refractivity contribution in [3.8, 4) is 0 Å². The van der Waals surface area contributed by atoms with E-state index in [4.69, 9.17) is 16.3 Å². The maximum absolute atomic E-state index is 12.3. The number of ether oxygens (including phenoxy) is 1. The van der Waals surface area contributed by atoms with Crippen LogP contribution in [0.4, 0.5) is 5.82 Å². The Bertz CT molecular complexity index is 977. The lowest BCUT2D eigenvalue weighted by Gasteiger charge is -2.05. The van der Waals surface area contributed by atoms with Crippen LogP contribution in [0, 0.1) is 0 Å². The number of aromatic nitrogens is 2. The fourth-order valence-electron chi connectivity index (χ4n) is 2.36. The van der Waals surface area contributed by atoms with Crippen molar-refractivity contribution in [2.45, 2.75) is 6.92 Å². The van der Waals surface area contributed by atoms with Crippen molar-refractivity contribution in [1.29, 1.82) is 0 Å². The molecule has 1 N–H and O–H groups in total. The average molecular weight is 370 g/mol. The zero-order chi connectivity index (χ0) is 18.5. The molecule has 3 rings (SSSR count). The summed E-state index contributed by atoms with van der Waals surface area (Å²) in [5.41, 5.74) is 1.42. The Balaban J connectivity index is 1.87. The summed E-state index contributed by atoms with van der Waals surface area (Å²) in [6.07, 6.45) is 4.74. The van der Waals surface area contributed by atoms with Gasteiger partial charge < -0.3 is 10.1 Å². The Labute approximate surface area is 155 Å². The molecule has 0 atom stereocenters. The van der Waals surface area contributed by atoms with E-state index in [2.05, 4.69) is 10.3 Å². The molecule has 0 saturated carbocycles. The van der Waals surface area contributed by atoms with E-state index >= 15 is 0 Å². The van der Waals surface area contributed by atoms with Gasteiger partial charge in [0.15, 0.2) is 11.5 Å². The number of imidazole rings is 1. The first-order valence-corrected chi connectivity index (χ1v) is 8.35. The number of carbonyl (C=O) groups excluding carboxylic acids is 2. The smallest absolute Gasteiger partial charge is 0.360 e. The molecular formula is C19H16ClN3O3. The third-order valence-corrected chi connectivity index (χ3v) is 3.79. The minimum absolute atomic E-state index is 0.0614. The number of carbonyl (C=O) groups is 2. The molecule has 0 bridgehead atoms. The topological polar surface area (TPSA) is 72.7 Å². The van der Waals surface area contributed by atoms with Crippen molar-refractivity contribution in [2.24, 2.45) is 0 Å². The van der Waals surface area contributed by atoms with E-state index in [-0.39, 0.29) is 18.1 Å². The minimum Gasteiger partial charge on any atom is -0.461 e. The van der Waals surface area contributed by atoms with Crippen LogP contribution in [-0.4, -0.2) is 27.9 Å². The van der Waals surface area contributed by atoms with E-state index in [1.165, 1.54) is 6.08 Å². The Morgan fingerprint density at radius 1 is 1.23 bits per heavy atom. The predicted octanol–water partition coefficient (Wildman–Crippen LogP) is 3.82. The molecule has 0 unspecified atom stereocenters. The zero-order valence-electron chi connectivity index (χ0n) is 14.0. The number of fused-ring (bicyclic) bond motifs is 1. The normalized spacial score (nSPS) is 11.0. The molecule has 0 aliphatic carbocycles. The number of amides is 1. The third-order valence-electron chi connectivity index (χ3n) is 3.54. The highest BCUT2D eigenvalue weighted by atomic mass is 35.5. The van der Waals surface area contributed by atoms with Gasteiger partial charge in [-0.25, -0.2) is 9.78 Å². The summed E-state index contributed by atoms with van der Waals surface area (Å²) < 4.78 is 6.65. The van der Waals surface area contributed by atoms with E-state index in [9.17, 15) is 9.59 Å². The molecule has 6 nitrogen and oxygen atoms in total. The number of anilines is 1. The van der Waals surface area contributed by atoms with Crippen molar-refractivity contribution < 1.29 is 14.3 Å². The van der Waals surface area contributed by atoms with Crippen LogP contribution in [0.25, 0.3) is 11.7 Å². The Kier molecular flexibility index (Phi) is 5.34. The van der Waals surface area contributed by atoms with Gasteiger partial charge in [0.25, 0.3) is 0 Å². The minimum atomic E-state index is -0.590. The first-order valence-electron chi connectivity index (χ1n) is 7.97. The molecule has 132 valence electrons. The summed E-state index contributed by atoms with van der Waals surface area (Å²) >= 11 is 5.84. The van der Waals surface area contributed by atoms with Crippen molar-refractivity contribution in [3.05, 3.63) is 71.0 Å². The van der Waals surface area contributed by atoms with Gasteiger partial charge in [0.05, 0.1) is 6.61 Å². The number of hydrogen-bond donors (Lipinski definition) is 1. The first-order chi connectivity index (χ1) is 12.6. The molecule has 1 aromatic carbocycles. The third kappa shape index (κ3) is 3.92. The number of nitrogens with zero attached hydrogens (tertiary/aromatic N) is 2. The molecule has 0 spiro atoms. The fourth-order valence-corrected chi connectivity index (χ4v) is 2.49. The summed E-state index contributed by atoms with van der Waals surface area (Å²) in [7, 11) is 0. The number of halogens is 1. The van der Waals surface area contributed by atoms with Crippen molar-refractivity contribution in [2.75, 3.05) is 11.9 Å². The molecule has 0 fully saturated rings. The number of hydrogen-bond acceptors (Lipinski definition) is 4. The van der Waals surface area contributed by atoms with Crippen molar-refractivity contribution in [1.82, 2.24) is 9.38 Å². The molecule has 0 aliphatic heterocycles. The highest BCUT2D eigenvalue weighted by Crippen LogP contribution is 2.19. The number of benzene rings is 1. The number of rotatable bonds is 5. The van der Waals surface area contributed by atoms with E-state index < -0.39 is 11.9 Å². The highest BCUT2D eigenvalue weighted by Gasteiger charge is 2.21. The standard InChI is InChI=1S/C19H16ClN3O3/c1-2-26-19(25)17-18(23-12-4-3-5-15(23)21-17)22-16(24)11-8-13-6-9-14(20)10-7-13/h3-12H,2H2,1H3,(H,22,24)/b11-8+. The highest BCUT2D eigenvalue weighted by molar-refractivity contribution is 6.30. The molecule has 1 amide bonds. The lowest BCUT2D eigenvalue weighted by Crippen LogP contribution is -2.14. The van der Waals surface area contributed by atoms with E-state index in [1.54, 1.807) is 66.1 Å². The van der Waals surface area contributed by atoms with Crippen molar-refractivity contribution in [3.63, 3.8) is 0 Å². The van der Waals surface area contributed by atoms with Gasteiger partial charge in [-0.1, -0.05) is 29.8 Å². The van der Waals surface area contributed by atoms with Gasteiger partial charge in [0.2, 0.25) is 5.91 Å². The molecule has 7 heteroatoms. The summed E-state index contributed by atoms with van der Waals surface area (Å²) in [5.74, 6) is -0.714. The largest absolute Gasteiger partial charge is 0.461 e. The van der Waals surface area contributed by atoms with E-state index in [0.29, 0.717) is 10.7 Å². The second-order valence-electron chi connectivity index (χ2n) is 5.33. The molecule has 2 heterocycles. The molecule has 0 radical (unpaired) electrons. The maximum atomic E-state index is 12.3. The van der Waals surface area contributed by atoms with Gasteiger partial charge in [-0.2, -0.15) is 0 Å². The molecule has 3 aromatic rings. The van der Waals surface area contributed by atoms with Gasteiger partial charge in [-0.3, -0.25) is 9.20 Å². The second-order valence-corrected chi connectivity index (χ2v) is 5.77. The van der Waals surface area contributed by atoms with Gasteiger partial charge >= 0.3 is 5.97 Å². The van der Waals surface area contributed by atoms with Crippen LogP contribution in [0.2, 0.25) is 5.02 Å². The van der Waals surface area contributed by atoms with Gasteiger partial charge in [0.1, 0.15) is 5.65 Å². The Morgan fingerprint density at radius 2 is 2.00 bits per heavy atom. The summed E-state index contributed by atoms with van der Waals surface area (Å²) in [5, 5.41) is 3.32. The molecule has 26 heavy (non-hydrogen) atoms. The van der Waals surface area contributed by atoms with Gasteiger partial charge in [-0.05, 0) is 42.8 Å². The average Bonchev–Trinajstić information content (AvgIpc) is 3.00. The van der Waals surface area contributed by atoms with Gasteiger partial charge in [0, 0.05) is 17.3 Å².